The van der Waals surface area contributed by atoms with Gasteiger partial charge in [-0.3, -0.25) is 4.79 Å². The second-order valence-electron chi connectivity index (χ2n) is 11.4. The van der Waals surface area contributed by atoms with Gasteiger partial charge in [-0.25, -0.2) is 14.8 Å². The Kier molecular flexibility index (Phi) is 7.36. The summed E-state index contributed by atoms with van der Waals surface area (Å²) in [5.74, 6) is 0.699. The maximum atomic E-state index is 13.6. The van der Waals surface area contributed by atoms with Crippen LogP contribution in [0.5, 0.6) is 0 Å². The lowest BCUT2D eigenvalue weighted by Gasteiger charge is -2.38. The standard InChI is InChI=1S/C31H31Cl2N7O3/c32-24-6-5-20(13-25(24)33)23-16-39(30-28(23)29(34-18-35-30)38-14-22(41)15-38)17-27(42)37-10-8-21(9-11-37)40-12-7-19-3-1-2-4-26(19)36-31(40)43/h1-6,13,16,18,21-22,41H,7-12,14-15,17H2,(H,36,43). The molecule has 3 aliphatic rings. The average molecular weight is 621 g/mol. The van der Waals surface area contributed by atoms with E-state index in [0.717, 1.165) is 47.0 Å². The first kappa shape index (κ1) is 27.9. The first-order chi connectivity index (χ1) is 20.9. The van der Waals surface area contributed by atoms with Gasteiger partial charge in [0.2, 0.25) is 5.91 Å². The van der Waals surface area contributed by atoms with Crippen LogP contribution in [0.3, 0.4) is 0 Å². The molecule has 10 nitrogen and oxygen atoms in total. The number of aliphatic hydroxyl groups excluding tert-OH is 1. The lowest BCUT2D eigenvalue weighted by atomic mass is 10.0. The quantitative estimate of drug-likeness (QED) is 0.336. The molecule has 3 aliphatic heterocycles. The number of halogens is 2. The summed E-state index contributed by atoms with van der Waals surface area (Å²) < 4.78 is 1.86. The zero-order valence-electron chi connectivity index (χ0n) is 23.4. The van der Waals surface area contributed by atoms with E-state index < -0.39 is 6.10 Å². The van der Waals surface area contributed by atoms with Crippen molar-refractivity contribution in [1.82, 2.24) is 24.3 Å². The number of aromatic nitrogens is 3. The monoisotopic (exact) mass is 619 g/mol. The van der Waals surface area contributed by atoms with Gasteiger partial charge in [0.05, 0.1) is 21.5 Å². The van der Waals surface area contributed by atoms with E-state index in [0.29, 0.717) is 54.2 Å². The Morgan fingerprint density at radius 1 is 1.02 bits per heavy atom. The molecule has 0 atom stereocenters. The SMILES string of the molecule is O=C(Cn1cc(-c2ccc(Cl)c(Cl)c2)c2c(N3CC(O)C3)ncnc21)N1CCC(N2CCc3ccccc3NC2=O)CC1. The van der Waals surface area contributed by atoms with Gasteiger partial charge < -0.3 is 29.7 Å². The highest BCUT2D eigenvalue weighted by molar-refractivity contribution is 6.42. The lowest BCUT2D eigenvalue weighted by molar-refractivity contribution is -0.133. The van der Waals surface area contributed by atoms with Gasteiger partial charge in [0.1, 0.15) is 24.3 Å². The van der Waals surface area contributed by atoms with E-state index >= 15 is 0 Å². The highest BCUT2D eigenvalue weighted by Gasteiger charge is 2.33. The van der Waals surface area contributed by atoms with Crippen molar-refractivity contribution in [2.75, 3.05) is 42.9 Å². The number of aliphatic hydroxyl groups is 1. The molecule has 0 bridgehead atoms. The second-order valence-corrected chi connectivity index (χ2v) is 12.2. The van der Waals surface area contributed by atoms with Crippen LogP contribution in [-0.2, 0) is 17.8 Å². The van der Waals surface area contributed by atoms with Crippen molar-refractivity contribution in [1.29, 1.82) is 0 Å². The van der Waals surface area contributed by atoms with E-state index in [1.807, 2.05) is 49.7 Å². The topological polar surface area (TPSA) is 107 Å². The van der Waals surface area contributed by atoms with Crippen LogP contribution in [0.4, 0.5) is 16.3 Å². The maximum absolute atomic E-state index is 13.6. The van der Waals surface area contributed by atoms with E-state index in [1.54, 1.807) is 12.1 Å². The fourth-order valence-corrected chi connectivity index (χ4v) is 6.69. The van der Waals surface area contributed by atoms with E-state index in [4.69, 9.17) is 23.2 Å². The lowest BCUT2D eigenvalue weighted by Crippen LogP contribution is -2.51. The molecule has 43 heavy (non-hydrogen) atoms. The van der Waals surface area contributed by atoms with Crippen molar-refractivity contribution in [3.63, 3.8) is 0 Å². The molecular weight excluding hydrogens is 589 g/mol. The molecule has 0 saturated carbocycles. The number of anilines is 2. The number of carbonyl (C=O) groups is 2. The third-order valence-electron chi connectivity index (χ3n) is 8.73. The number of β-amino-alcohol motifs (C(OH)–C–C–N with tert-alkyl or cyclic N) is 1. The van der Waals surface area contributed by atoms with E-state index in [9.17, 15) is 14.7 Å². The van der Waals surface area contributed by atoms with Gasteiger partial charge in [-0.15, -0.1) is 0 Å². The summed E-state index contributed by atoms with van der Waals surface area (Å²) in [6, 6.07) is 13.4. The Bertz CT molecular complexity index is 1710. The van der Waals surface area contributed by atoms with Crippen LogP contribution >= 0.6 is 23.2 Å². The molecule has 2 N–H and O–H groups in total. The predicted octanol–water partition coefficient (Wildman–Crippen LogP) is 4.67. The molecule has 2 fully saturated rings. The minimum absolute atomic E-state index is 0.0108. The smallest absolute Gasteiger partial charge is 0.322 e. The van der Waals surface area contributed by atoms with Gasteiger partial charge in [-0.1, -0.05) is 47.5 Å². The summed E-state index contributed by atoms with van der Waals surface area (Å²) in [5, 5.41) is 14.7. The molecule has 4 aromatic rings. The highest BCUT2D eigenvalue weighted by atomic mass is 35.5. The summed E-state index contributed by atoms with van der Waals surface area (Å²) in [6.45, 7) is 2.88. The van der Waals surface area contributed by atoms with Crippen LogP contribution in [0.2, 0.25) is 10.0 Å². The number of hydrogen-bond donors (Lipinski definition) is 2. The minimum Gasteiger partial charge on any atom is -0.389 e. The number of nitrogens with zero attached hydrogens (tertiary/aromatic N) is 6. The fourth-order valence-electron chi connectivity index (χ4n) is 6.39. The van der Waals surface area contributed by atoms with Crippen LogP contribution in [0, 0.1) is 0 Å². The molecule has 7 rings (SSSR count). The number of benzene rings is 2. The number of fused-ring (bicyclic) bond motifs is 2. The third-order valence-corrected chi connectivity index (χ3v) is 9.47. The number of carbonyl (C=O) groups excluding carboxylic acids is 2. The van der Waals surface area contributed by atoms with Crippen molar-refractivity contribution in [3.05, 3.63) is 70.6 Å². The van der Waals surface area contributed by atoms with Crippen molar-refractivity contribution in [2.24, 2.45) is 0 Å². The number of amides is 3. The molecule has 222 valence electrons. The first-order valence-corrected chi connectivity index (χ1v) is 15.3. The van der Waals surface area contributed by atoms with E-state index in [-0.39, 0.29) is 24.5 Å². The normalized spacial score (nSPS) is 17.9. The Balaban J connectivity index is 1.10. The van der Waals surface area contributed by atoms with Gasteiger partial charge >= 0.3 is 6.03 Å². The number of urea groups is 1. The Labute approximate surface area is 258 Å². The predicted molar refractivity (Wildman–Crippen MR) is 167 cm³/mol. The molecule has 5 heterocycles. The second kappa shape index (κ2) is 11.3. The summed E-state index contributed by atoms with van der Waals surface area (Å²) in [4.78, 5) is 41.6. The Morgan fingerprint density at radius 2 is 1.81 bits per heavy atom. The molecule has 12 heteroatoms. The number of hydrogen-bond acceptors (Lipinski definition) is 6. The van der Waals surface area contributed by atoms with E-state index in [1.165, 1.54) is 6.33 Å². The number of nitrogens with one attached hydrogen (secondary N) is 1. The largest absolute Gasteiger partial charge is 0.389 e. The minimum atomic E-state index is -0.402. The van der Waals surface area contributed by atoms with Crippen LogP contribution in [-0.4, -0.2) is 86.2 Å². The van der Waals surface area contributed by atoms with Gasteiger partial charge in [0.25, 0.3) is 0 Å². The number of piperidine rings is 1. The maximum Gasteiger partial charge on any atom is 0.322 e. The van der Waals surface area contributed by atoms with Crippen molar-refractivity contribution in [2.45, 2.75) is 38.0 Å². The highest BCUT2D eigenvalue weighted by Crippen LogP contribution is 2.38. The molecule has 0 spiro atoms. The number of likely N-dealkylation sites (tertiary alicyclic amines) is 1. The zero-order chi connectivity index (χ0) is 29.7. The molecule has 0 radical (unpaired) electrons. The van der Waals surface area contributed by atoms with Crippen molar-refractivity contribution in [3.8, 4) is 11.1 Å². The summed E-state index contributed by atoms with van der Waals surface area (Å²) in [5.41, 5.74) is 4.32. The summed E-state index contributed by atoms with van der Waals surface area (Å²) in [7, 11) is 0. The van der Waals surface area contributed by atoms with Crippen LogP contribution < -0.4 is 10.2 Å². The van der Waals surface area contributed by atoms with E-state index in [2.05, 4.69) is 21.4 Å². The summed E-state index contributed by atoms with van der Waals surface area (Å²) in [6.07, 6.45) is 5.26. The third kappa shape index (κ3) is 5.28. The molecular formula is C31H31Cl2N7O3. The Morgan fingerprint density at radius 3 is 2.58 bits per heavy atom. The van der Waals surface area contributed by atoms with Gasteiger partial charge in [0.15, 0.2) is 0 Å². The van der Waals surface area contributed by atoms with Crippen LogP contribution in [0.25, 0.3) is 22.2 Å². The van der Waals surface area contributed by atoms with Crippen molar-refractivity contribution >= 4 is 57.7 Å². The molecule has 0 unspecified atom stereocenters. The van der Waals surface area contributed by atoms with Crippen molar-refractivity contribution < 1.29 is 14.7 Å². The zero-order valence-corrected chi connectivity index (χ0v) is 24.9. The number of rotatable bonds is 5. The van der Waals surface area contributed by atoms with Gasteiger partial charge in [-0.2, -0.15) is 0 Å². The fraction of sp³-hybridized carbons (Fsp3) is 0.355. The molecule has 3 amide bonds. The average Bonchev–Trinajstić information content (AvgIpc) is 3.27. The molecule has 2 saturated heterocycles. The molecule has 2 aromatic heterocycles. The van der Waals surface area contributed by atoms with Crippen LogP contribution in [0.1, 0.15) is 18.4 Å². The Hall–Kier alpha value is -3.86. The van der Waals surface area contributed by atoms with Gasteiger partial charge in [-0.05, 0) is 48.6 Å². The summed E-state index contributed by atoms with van der Waals surface area (Å²) >= 11 is 12.6. The van der Waals surface area contributed by atoms with Crippen LogP contribution in [0.15, 0.2) is 55.0 Å². The number of para-hydroxylation sites is 1. The molecule has 2 aromatic carbocycles. The van der Waals surface area contributed by atoms with Gasteiger partial charge in [0, 0.05) is 56.2 Å². The first-order valence-electron chi connectivity index (χ1n) is 14.5. The molecule has 0 aliphatic carbocycles.